The molecular weight excluding hydrogens is 376 g/mol. The minimum absolute atomic E-state index is 0.112. The highest BCUT2D eigenvalue weighted by Crippen LogP contribution is 2.36. The predicted octanol–water partition coefficient (Wildman–Crippen LogP) is 2.15. The number of aliphatic hydroxyl groups excluding tert-OH is 1. The number of anilines is 1. The lowest BCUT2D eigenvalue weighted by atomic mass is 10.0. The number of sulfonamides is 1. The van der Waals surface area contributed by atoms with Crippen molar-refractivity contribution < 1.29 is 13.5 Å². The van der Waals surface area contributed by atoms with Gasteiger partial charge in [-0.25, -0.2) is 13.4 Å². The Labute approximate surface area is 164 Å². The minimum Gasteiger partial charge on any atom is -0.394 e. The number of para-hydroxylation sites is 1. The van der Waals surface area contributed by atoms with Gasteiger partial charge in [0.15, 0.2) is 0 Å². The number of imidazole rings is 1. The van der Waals surface area contributed by atoms with E-state index in [-0.39, 0.29) is 24.1 Å². The van der Waals surface area contributed by atoms with Crippen LogP contribution in [0.1, 0.15) is 17.3 Å². The van der Waals surface area contributed by atoms with Crippen molar-refractivity contribution in [2.45, 2.75) is 17.5 Å². The summed E-state index contributed by atoms with van der Waals surface area (Å²) in [6.07, 6.45) is 3.17. The highest BCUT2D eigenvalue weighted by molar-refractivity contribution is 7.89. The SMILES string of the molecule is O=S1(=O)c2ccccc2N(C(CO)c2ccccc2)CCN1Cc1cnc[nH]1. The van der Waals surface area contributed by atoms with Crippen molar-refractivity contribution in [1.29, 1.82) is 0 Å². The molecule has 1 aromatic heterocycles. The Morgan fingerprint density at radius 3 is 2.54 bits per heavy atom. The maximum absolute atomic E-state index is 13.3. The summed E-state index contributed by atoms with van der Waals surface area (Å²) in [6.45, 7) is 0.877. The van der Waals surface area contributed by atoms with Gasteiger partial charge in [-0.1, -0.05) is 42.5 Å². The van der Waals surface area contributed by atoms with Gasteiger partial charge in [-0.3, -0.25) is 0 Å². The maximum atomic E-state index is 13.3. The summed E-state index contributed by atoms with van der Waals surface area (Å²) < 4.78 is 28.1. The van der Waals surface area contributed by atoms with E-state index in [1.807, 2.05) is 41.3 Å². The van der Waals surface area contributed by atoms with Crippen LogP contribution in [-0.2, 0) is 16.6 Å². The Morgan fingerprint density at radius 1 is 1.07 bits per heavy atom. The third kappa shape index (κ3) is 3.42. The van der Waals surface area contributed by atoms with E-state index in [0.717, 1.165) is 11.3 Å². The molecule has 0 fully saturated rings. The fourth-order valence-electron chi connectivity index (χ4n) is 3.62. The first-order chi connectivity index (χ1) is 13.6. The number of hydrogen-bond donors (Lipinski definition) is 2. The maximum Gasteiger partial charge on any atom is 0.245 e. The van der Waals surface area contributed by atoms with Crippen LogP contribution in [0.3, 0.4) is 0 Å². The van der Waals surface area contributed by atoms with Crippen molar-refractivity contribution in [2.75, 3.05) is 24.6 Å². The highest BCUT2D eigenvalue weighted by Gasteiger charge is 2.35. The van der Waals surface area contributed by atoms with Crippen LogP contribution in [0.4, 0.5) is 5.69 Å². The predicted molar refractivity (Wildman–Crippen MR) is 106 cm³/mol. The quantitative estimate of drug-likeness (QED) is 0.687. The van der Waals surface area contributed by atoms with Gasteiger partial charge in [0.05, 0.1) is 31.2 Å². The van der Waals surface area contributed by atoms with Crippen LogP contribution < -0.4 is 4.90 Å². The number of benzene rings is 2. The molecule has 0 radical (unpaired) electrons. The normalized spacial score (nSPS) is 17.7. The van der Waals surface area contributed by atoms with E-state index in [4.69, 9.17) is 0 Å². The van der Waals surface area contributed by atoms with Crippen LogP contribution >= 0.6 is 0 Å². The van der Waals surface area contributed by atoms with Gasteiger partial charge in [-0.15, -0.1) is 0 Å². The lowest BCUT2D eigenvalue weighted by Crippen LogP contribution is -2.37. The number of aromatic nitrogens is 2. The summed E-state index contributed by atoms with van der Waals surface area (Å²) in [6, 6.07) is 16.3. The van der Waals surface area contributed by atoms with Crippen LogP contribution in [0.15, 0.2) is 72.0 Å². The second kappa shape index (κ2) is 7.75. The van der Waals surface area contributed by atoms with Gasteiger partial charge in [0, 0.05) is 25.0 Å². The Kier molecular flexibility index (Phi) is 5.17. The zero-order valence-corrected chi connectivity index (χ0v) is 16.1. The monoisotopic (exact) mass is 398 g/mol. The second-order valence-corrected chi connectivity index (χ2v) is 8.59. The summed E-state index contributed by atoms with van der Waals surface area (Å²) in [5.41, 5.74) is 2.29. The zero-order valence-electron chi connectivity index (χ0n) is 15.3. The van der Waals surface area contributed by atoms with Gasteiger partial charge in [-0.2, -0.15) is 4.31 Å². The number of rotatable bonds is 5. The van der Waals surface area contributed by atoms with Gasteiger partial charge in [0.25, 0.3) is 0 Å². The fourth-order valence-corrected chi connectivity index (χ4v) is 5.23. The highest BCUT2D eigenvalue weighted by atomic mass is 32.2. The van der Waals surface area contributed by atoms with Crippen molar-refractivity contribution in [3.8, 4) is 0 Å². The average Bonchev–Trinajstić information content (AvgIpc) is 3.20. The molecule has 2 heterocycles. The summed E-state index contributed by atoms with van der Waals surface area (Å²) in [4.78, 5) is 9.18. The van der Waals surface area contributed by atoms with Crippen LogP contribution in [-0.4, -0.2) is 47.5 Å². The molecular formula is C20H22N4O3S. The topological polar surface area (TPSA) is 89.5 Å². The van der Waals surface area contributed by atoms with E-state index in [2.05, 4.69) is 9.97 Å². The molecule has 3 aromatic rings. The fraction of sp³-hybridized carbons (Fsp3) is 0.250. The molecule has 1 aliphatic heterocycles. The number of aromatic amines is 1. The molecule has 146 valence electrons. The average molecular weight is 398 g/mol. The minimum atomic E-state index is -3.69. The van der Waals surface area contributed by atoms with E-state index in [1.54, 1.807) is 24.4 Å². The number of aliphatic hydroxyl groups is 1. The first-order valence-electron chi connectivity index (χ1n) is 9.10. The molecule has 1 aliphatic rings. The lowest BCUT2D eigenvalue weighted by molar-refractivity contribution is 0.259. The van der Waals surface area contributed by atoms with Crippen molar-refractivity contribution >= 4 is 15.7 Å². The zero-order chi connectivity index (χ0) is 19.6. The lowest BCUT2D eigenvalue weighted by Gasteiger charge is -2.32. The summed E-state index contributed by atoms with van der Waals surface area (Å²) >= 11 is 0. The van der Waals surface area contributed by atoms with Crippen LogP contribution in [0.5, 0.6) is 0 Å². The molecule has 0 aliphatic carbocycles. The molecule has 0 amide bonds. The molecule has 0 saturated carbocycles. The Morgan fingerprint density at radius 2 is 1.82 bits per heavy atom. The molecule has 2 aromatic carbocycles. The smallest absolute Gasteiger partial charge is 0.245 e. The molecule has 28 heavy (non-hydrogen) atoms. The van der Waals surface area contributed by atoms with E-state index in [9.17, 15) is 13.5 Å². The van der Waals surface area contributed by atoms with E-state index < -0.39 is 10.0 Å². The number of hydrogen-bond acceptors (Lipinski definition) is 5. The Balaban J connectivity index is 1.77. The van der Waals surface area contributed by atoms with Gasteiger partial charge >= 0.3 is 0 Å². The third-order valence-corrected chi connectivity index (χ3v) is 6.91. The number of fused-ring (bicyclic) bond motifs is 1. The molecule has 0 spiro atoms. The Hall–Kier alpha value is -2.68. The number of H-pyrrole nitrogens is 1. The third-order valence-electron chi connectivity index (χ3n) is 5.02. The van der Waals surface area contributed by atoms with Crippen LogP contribution in [0.25, 0.3) is 0 Å². The number of nitrogens with one attached hydrogen (secondary N) is 1. The molecule has 1 atom stereocenters. The van der Waals surface area contributed by atoms with Gasteiger partial charge < -0.3 is 15.0 Å². The first kappa shape index (κ1) is 18.7. The van der Waals surface area contributed by atoms with E-state index >= 15 is 0 Å². The molecule has 2 N–H and O–H groups in total. The standard InChI is InChI=1S/C20H22N4O3S/c25-14-19(16-6-2-1-3-7-16)24-11-10-23(13-17-12-21-15-22-17)28(26,27)20-9-5-4-8-18(20)24/h1-9,12,15,19,25H,10-11,13-14H2,(H,21,22). The van der Waals surface area contributed by atoms with Crippen LogP contribution in [0, 0.1) is 0 Å². The van der Waals surface area contributed by atoms with Crippen molar-refractivity contribution in [2.24, 2.45) is 0 Å². The second-order valence-electron chi connectivity index (χ2n) is 6.69. The molecule has 7 nitrogen and oxygen atoms in total. The van der Waals surface area contributed by atoms with Crippen molar-refractivity contribution in [3.05, 3.63) is 78.4 Å². The number of nitrogens with zero attached hydrogens (tertiary/aromatic N) is 3. The van der Waals surface area contributed by atoms with Crippen LogP contribution in [0.2, 0.25) is 0 Å². The largest absolute Gasteiger partial charge is 0.394 e. The summed E-state index contributed by atoms with van der Waals surface area (Å²) in [5, 5.41) is 10.1. The van der Waals surface area contributed by atoms with Crippen molar-refractivity contribution in [1.82, 2.24) is 14.3 Å². The van der Waals surface area contributed by atoms with E-state index in [0.29, 0.717) is 18.8 Å². The summed E-state index contributed by atoms with van der Waals surface area (Å²) in [5.74, 6) is 0. The van der Waals surface area contributed by atoms with Gasteiger partial charge in [0.1, 0.15) is 4.90 Å². The molecule has 1 unspecified atom stereocenters. The Bertz CT molecular complexity index is 1020. The molecule has 0 saturated heterocycles. The van der Waals surface area contributed by atoms with Crippen molar-refractivity contribution in [3.63, 3.8) is 0 Å². The van der Waals surface area contributed by atoms with Gasteiger partial charge in [-0.05, 0) is 17.7 Å². The first-order valence-corrected chi connectivity index (χ1v) is 10.5. The van der Waals surface area contributed by atoms with Gasteiger partial charge in [0.2, 0.25) is 10.0 Å². The molecule has 4 rings (SSSR count). The molecule has 8 heteroatoms. The molecule has 0 bridgehead atoms. The van der Waals surface area contributed by atoms with E-state index in [1.165, 1.54) is 10.6 Å². The summed E-state index contributed by atoms with van der Waals surface area (Å²) in [7, 11) is -3.69.